The summed E-state index contributed by atoms with van der Waals surface area (Å²) in [5, 5.41) is 3.68. The molecule has 0 bridgehead atoms. The monoisotopic (exact) mass is 407 g/mol. The molecule has 0 spiro atoms. The van der Waals surface area contributed by atoms with E-state index in [-0.39, 0.29) is 23.3 Å². The molecule has 0 saturated heterocycles. The summed E-state index contributed by atoms with van der Waals surface area (Å²) >= 11 is 11.9. The van der Waals surface area contributed by atoms with Crippen LogP contribution in [0.2, 0.25) is 10.0 Å². The molecule has 0 heterocycles. The Bertz CT molecular complexity index is 813. The highest BCUT2D eigenvalue weighted by Crippen LogP contribution is 2.35. The summed E-state index contributed by atoms with van der Waals surface area (Å²) in [6.07, 6.45) is 0. The van der Waals surface area contributed by atoms with E-state index in [0.717, 1.165) is 11.3 Å². The SMILES string of the molecule is CC(C)(C)c1ccc(OCC(=O)Nc2cc(Cl)cc(Cl)c2)c(C(C)(C)C)c1. The van der Waals surface area contributed by atoms with Gasteiger partial charge in [0.05, 0.1) is 0 Å². The molecule has 3 nitrogen and oxygen atoms in total. The summed E-state index contributed by atoms with van der Waals surface area (Å²) in [7, 11) is 0. The van der Waals surface area contributed by atoms with E-state index in [1.807, 2.05) is 6.07 Å². The fourth-order valence-electron chi connectivity index (χ4n) is 2.67. The molecule has 0 radical (unpaired) electrons. The molecule has 2 rings (SSSR count). The van der Waals surface area contributed by atoms with Crippen LogP contribution in [0.15, 0.2) is 36.4 Å². The van der Waals surface area contributed by atoms with Crippen LogP contribution in [0.25, 0.3) is 0 Å². The maximum absolute atomic E-state index is 12.3. The van der Waals surface area contributed by atoms with Crippen molar-refractivity contribution in [2.75, 3.05) is 11.9 Å². The molecule has 0 saturated carbocycles. The number of halogens is 2. The Labute approximate surface area is 172 Å². The van der Waals surface area contributed by atoms with Gasteiger partial charge < -0.3 is 10.1 Å². The van der Waals surface area contributed by atoms with E-state index in [9.17, 15) is 4.79 Å². The van der Waals surface area contributed by atoms with Crippen LogP contribution in [-0.2, 0) is 15.6 Å². The summed E-state index contributed by atoms with van der Waals surface area (Å²) in [4.78, 5) is 12.3. The van der Waals surface area contributed by atoms with E-state index < -0.39 is 0 Å². The van der Waals surface area contributed by atoms with Crippen molar-refractivity contribution >= 4 is 34.8 Å². The summed E-state index contributed by atoms with van der Waals surface area (Å²) in [5.41, 5.74) is 2.79. The standard InChI is InChI=1S/C22H27Cl2NO2/c1-21(2,3)14-7-8-19(18(9-14)22(4,5)6)27-13-20(26)25-17-11-15(23)10-16(24)12-17/h7-12H,13H2,1-6H3,(H,25,26). The van der Waals surface area contributed by atoms with Gasteiger partial charge >= 0.3 is 0 Å². The first-order chi connectivity index (χ1) is 12.4. The fourth-order valence-corrected chi connectivity index (χ4v) is 3.20. The van der Waals surface area contributed by atoms with Gasteiger partial charge in [0.1, 0.15) is 5.75 Å². The Kier molecular flexibility index (Phi) is 6.49. The zero-order valence-electron chi connectivity index (χ0n) is 16.7. The summed E-state index contributed by atoms with van der Waals surface area (Å²) in [6, 6.07) is 11.1. The van der Waals surface area contributed by atoms with Crippen LogP contribution in [0, 0.1) is 0 Å². The van der Waals surface area contributed by atoms with E-state index in [2.05, 4.69) is 59.0 Å². The number of amides is 1. The van der Waals surface area contributed by atoms with Gasteiger partial charge in [0.2, 0.25) is 0 Å². The van der Waals surface area contributed by atoms with Gasteiger partial charge in [0.25, 0.3) is 5.91 Å². The third kappa shape index (κ3) is 6.15. The number of anilines is 1. The van der Waals surface area contributed by atoms with Crippen LogP contribution in [0.5, 0.6) is 5.75 Å². The lowest BCUT2D eigenvalue weighted by Gasteiger charge is -2.27. The number of carbonyl (C=O) groups excluding carboxylic acids is 1. The molecule has 0 unspecified atom stereocenters. The first-order valence-corrected chi connectivity index (χ1v) is 9.65. The fraction of sp³-hybridized carbons (Fsp3) is 0.409. The molecule has 1 amide bonds. The van der Waals surface area contributed by atoms with Gasteiger partial charge in [0.15, 0.2) is 6.61 Å². The Balaban J connectivity index is 2.15. The molecule has 0 aliphatic carbocycles. The number of rotatable bonds is 4. The maximum atomic E-state index is 12.3. The molecule has 146 valence electrons. The predicted octanol–water partition coefficient (Wildman–Crippen LogP) is 6.61. The minimum Gasteiger partial charge on any atom is -0.483 e. The van der Waals surface area contributed by atoms with Crippen LogP contribution in [0.3, 0.4) is 0 Å². The number of benzene rings is 2. The van der Waals surface area contributed by atoms with Gasteiger partial charge in [-0.25, -0.2) is 0 Å². The van der Waals surface area contributed by atoms with Crippen LogP contribution in [0.1, 0.15) is 52.7 Å². The number of nitrogens with one attached hydrogen (secondary N) is 1. The van der Waals surface area contributed by atoms with Crippen molar-refractivity contribution in [2.24, 2.45) is 0 Å². The summed E-state index contributed by atoms with van der Waals surface area (Å²) in [5.74, 6) is 0.447. The predicted molar refractivity (Wildman–Crippen MR) is 114 cm³/mol. The Morgan fingerprint density at radius 2 is 1.52 bits per heavy atom. The molecule has 0 aliphatic rings. The number of carbonyl (C=O) groups is 1. The number of hydrogen-bond acceptors (Lipinski definition) is 2. The molecule has 27 heavy (non-hydrogen) atoms. The van der Waals surface area contributed by atoms with Crippen LogP contribution in [-0.4, -0.2) is 12.5 Å². The van der Waals surface area contributed by atoms with Crippen molar-refractivity contribution in [3.05, 3.63) is 57.6 Å². The van der Waals surface area contributed by atoms with Crippen LogP contribution >= 0.6 is 23.2 Å². The minimum atomic E-state index is -0.270. The van der Waals surface area contributed by atoms with Gasteiger partial charge in [-0.3, -0.25) is 4.79 Å². The highest BCUT2D eigenvalue weighted by molar-refractivity contribution is 6.35. The Morgan fingerprint density at radius 1 is 0.926 bits per heavy atom. The lowest BCUT2D eigenvalue weighted by molar-refractivity contribution is -0.118. The third-order valence-electron chi connectivity index (χ3n) is 4.16. The average Bonchev–Trinajstić information content (AvgIpc) is 2.50. The molecule has 0 fully saturated rings. The van der Waals surface area contributed by atoms with E-state index in [1.165, 1.54) is 5.56 Å². The van der Waals surface area contributed by atoms with Gasteiger partial charge in [-0.15, -0.1) is 0 Å². The lowest BCUT2D eigenvalue weighted by atomic mass is 9.80. The normalized spacial score (nSPS) is 12.0. The Hall–Kier alpha value is -1.71. The van der Waals surface area contributed by atoms with Crippen molar-refractivity contribution in [3.63, 3.8) is 0 Å². The highest BCUT2D eigenvalue weighted by Gasteiger charge is 2.23. The van der Waals surface area contributed by atoms with Crippen molar-refractivity contribution < 1.29 is 9.53 Å². The molecular weight excluding hydrogens is 381 g/mol. The first-order valence-electron chi connectivity index (χ1n) is 8.90. The number of ether oxygens (including phenoxy) is 1. The smallest absolute Gasteiger partial charge is 0.262 e. The molecule has 0 aromatic heterocycles. The molecule has 2 aromatic rings. The van der Waals surface area contributed by atoms with Crippen LogP contribution < -0.4 is 10.1 Å². The van der Waals surface area contributed by atoms with Gasteiger partial charge in [-0.05, 0) is 46.2 Å². The van der Waals surface area contributed by atoms with E-state index in [4.69, 9.17) is 27.9 Å². The molecule has 5 heteroatoms. The van der Waals surface area contributed by atoms with Crippen molar-refractivity contribution in [1.29, 1.82) is 0 Å². The maximum Gasteiger partial charge on any atom is 0.262 e. The average molecular weight is 408 g/mol. The largest absolute Gasteiger partial charge is 0.483 e. The first kappa shape index (κ1) is 21.6. The van der Waals surface area contributed by atoms with Crippen LogP contribution in [0.4, 0.5) is 5.69 Å². The van der Waals surface area contributed by atoms with Gasteiger partial charge in [-0.2, -0.15) is 0 Å². The highest BCUT2D eigenvalue weighted by atomic mass is 35.5. The van der Waals surface area contributed by atoms with E-state index >= 15 is 0 Å². The van der Waals surface area contributed by atoms with Crippen molar-refractivity contribution in [2.45, 2.75) is 52.4 Å². The minimum absolute atomic E-state index is 0.0434. The zero-order chi connectivity index (χ0) is 20.4. The second-order valence-corrected chi connectivity index (χ2v) is 9.58. The van der Waals surface area contributed by atoms with Crippen molar-refractivity contribution in [3.8, 4) is 5.75 Å². The zero-order valence-corrected chi connectivity index (χ0v) is 18.3. The molecule has 2 aromatic carbocycles. The second kappa shape index (κ2) is 8.12. The van der Waals surface area contributed by atoms with E-state index in [0.29, 0.717) is 15.7 Å². The quantitative estimate of drug-likeness (QED) is 0.619. The molecular formula is C22H27Cl2NO2. The van der Waals surface area contributed by atoms with Gasteiger partial charge in [-0.1, -0.05) is 76.9 Å². The summed E-state index contributed by atoms with van der Waals surface area (Å²) < 4.78 is 5.85. The second-order valence-electron chi connectivity index (χ2n) is 8.71. The van der Waals surface area contributed by atoms with Crippen molar-refractivity contribution in [1.82, 2.24) is 0 Å². The topological polar surface area (TPSA) is 38.3 Å². The third-order valence-corrected chi connectivity index (χ3v) is 4.60. The number of hydrogen-bond donors (Lipinski definition) is 1. The molecule has 0 atom stereocenters. The van der Waals surface area contributed by atoms with E-state index in [1.54, 1.807) is 18.2 Å². The molecule has 0 aliphatic heterocycles. The molecule has 1 N–H and O–H groups in total. The Morgan fingerprint density at radius 3 is 2.04 bits per heavy atom. The van der Waals surface area contributed by atoms with Gasteiger partial charge in [0, 0.05) is 15.7 Å². The summed E-state index contributed by atoms with van der Waals surface area (Å²) in [6.45, 7) is 12.8. The lowest BCUT2D eigenvalue weighted by Crippen LogP contribution is -2.22.